The molecule has 8 heteroatoms. The van der Waals surface area contributed by atoms with Gasteiger partial charge in [-0.1, -0.05) is 39.8 Å². The second kappa shape index (κ2) is 7.37. The van der Waals surface area contributed by atoms with E-state index in [1.807, 2.05) is 24.4 Å². The van der Waals surface area contributed by atoms with Crippen LogP contribution in [0.4, 0.5) is 0 Å². The van der Waals surface area contributed by atoms with Crippen molar-refractivity contribution >= 4 is 44.8 Å². The third kappa shape index (κ3) is 4.49. The normalized spacial score (nSPS) is 10.9. The second-order valence-electron chi connectivity index (χ2n) is 4.72. The highest BCUT2D eigenvalue weighted by Gasteiger charge is 2.12. The molecule has 0 atom stereocenters. The van der Waals surface area contributed by atoms with Crippen molar-refractivity contribution in [1.29, 1.82) is 0 Å². The lowest BCUT2D eigenvalue weighted by Gasteiger charge is -1.99. The first-order valence-corrected chi connectivity index (χ1v) is 9.41. The lowest BCUT2D eigenvalue weighted by Crippen LogP contribution is -2.01. The SMILES string of the molecule is Cc1nc(Cc2nnc(SCC(=O)c3ccc(Br)cc3)o2)cs1. The molecule has 1 aromatic carbocycles. The minimum Gasteiger partial charge on any atom is -0.416 e. The summed E-state index contributed by atoms with van der Waals surface area (Å²) in [5, 5.41) is 11.3. The monoisotopic (exact) mass is 409 g/mol. The van der Waals surface area contributed by atoms with E-state index < -0.39 is 0 Å². The number of halogens is 1. The highest BCUT2D eigenvalue weighted by atomic mass is 79.9. The summed E-state index contributed by atoms with van der Waals surface area (Å²) in [6.07, 6.45) is 0.512. The standard InChI is InChI=1S/C15H12BrN3O2S2/c1-9-17-12(7-22-9)6-14-18-19-15(21-14)23-8-13(20)10-2-4-11(16)5-3-10/h2-5,7H,6,8H2,1H3. The van der Waals surface area contributed by atoms with Crippen molar-refractivity contribution in [2.24, 2.45) is 0 Å². The van der Waals surface area contributed by atoms with E-state index in [0.29, 0.717) is 23.1 Å². The molecule has 0 saturated heterocycles. The van der Waals surface area contributed by atoms with Gasteiger partial charge in [-0.05, 0) is 19.1 Å². The van der Waals surface area contributed by atoms with E-state index in [9.17, 15) is 4.79 Å². The molecule has 23 heavy (non-hydrogen) atoms. The van der Waals surface area contributed by atoms with Crippen LogP contribution in [0.25, 0.3) is 0 Å². The van der Waals surface area contributed by atoms with Crippen molar-refractivity contribution in [3.8, 4) is 0 Å². The van der Waals surface area contributed by atoms with E-state index >= 15 is 0 Å². The molecule has 0 aliphatic heterocycles. The topological polar surface area (TPSA) is 68.9 Å². The first-order chi connectivity index (χ1) is 11.1. The number of thioether (sulfide) groups is 1. The van der Waals surface area contributed by atoms with E-state index in [-0.39, 0.29) is 11.5 Å². The van der Waals surface area contributed by atoms with Crippen LogP contribution in [0.5, 0.6) is 0 Å². The highest BCUT2D eigenvalue weighted by Crippen LogP contribution is 2.20. The Morgan fingerprint density at radius 2 is 2.09 bits per heavy atom. The lowest BCUT2D eigenvalue weighted by molar-refractivity contribution is 0.102. The molecular weight excluding hydrogens is 398 g/mol. The van der Waals surface area contributed by atoms with Crippen LogP contribution in [0.2, 0.25) is 0 Å². The van der Waals surface area contributed by atoms with Crippen LogP contribution in [0.1, 0.15) is 27.0 Å². The van der Waals surface area contributed by atoms with Crippen LogP contribution >= 0.6 is 39.0 Å². The quantitative estimate of drug-likeness (QED) is 0.449. The van der Waals surface area contributed by atoms with E-state index in [2.05, 4.69) is 31.1 Å². The third-order valence-corrected chi connectivity index (χ3v) is 5.11. The Hall–Kier alpha value is -1.51. The van der Waals surface area contributed by atoms with Crippen LogP contribution in [0.15, 0.2) is 43.8 Å². The fraction of sp³-hybridized carbons (Fsp3) is 0.200. The van der Waals surface area contributed by atoms with Gasteiger partial charge in [0.25, 0.3) is 5.22 Å². The Labute approximate surface area is 149 Å². The van der Waals surface area contributed by atoms with Gasteiger partial charge in [-0.25, -0.2) is 4.98 Å². The predicted molar refractivity (Wildman–Crippen MR) is 93.2 cm³/mol. The third-order valence-electron chi connectivity index (χ3n) is 2.94. The molecule has 0 spiro atoms. The molecule has 118 valence electrons. The zero-order chi connectivity index (χ0) is 16.2. The second-order valence-corrected chi connectivity index (χ2v) is 7.62. The smallest absolute Gasteiger partial charge is 0.277 e. The molecule has 5 nitrogen and oxygen atoms in total. The number of Topliss-reactive ketones (excluding diaryl/α,β-unsaturated/α-hetero) is 1. The van der Waals surface area contributed by atoms with Crippen molar-refractivity contribution in [1.82, 2.24) is 15.2 Å². The fourth-order valence-corrected chi connectivity index (χ4v) is 3.41. The van der Waals surface area contributed by atoms with Gasteiger partial charge in [0.05, 0.1) is 22.9 Å². The zero-order valence-corrected chi connectivity index (χ0v) is 15.4. The summed E-state index contributed by atoms with van der Waals surface area (Å²) in [4.78, 5) is 16.5. The van der Waals surface area contributed by atoms with Crippen LogP contribution in [0, 0.1) is 6.92 Å². The summed E-state index contributed by atoms with van der Waals surface area (Å²) in [6.45, 7) is 1.96. The van der Waals surface area contributed by atoms with Crippen LogP contribution in [-0.4, -0.2) is 26.7 Å². The molecule has 2 heterocycles. The average molecular weight is 410 g/mol. The Balaban J connectivity index is 1.56. The Morgan fingerprint density at radius 1 is 1.30 bits per heavy atom. The largest absolute Gasteiger partial charge is 0.416 e. The predicted octanol–water partition coefficient (Wildman–Crippen LogP) is 4.16. The van der Waals surface area contributed by atoms with Crippen molar-refractivity contribution in [2.75, 3.05) is 5.75 Å². The number of hydrogen-bond donors (Lipinski definition) is 0. The molecule has 0 saturated carbocycles. The summed E-state index contributed by atoms with van der Waals surface area (Å²) in [6, 6.07) is 7.27. The first kappa shape index (κ1) is 16.4. The molecule has 0 unspecified atom stereocenters. The first-order valence-electron chi connectivity index (χ1n) is 6.75. The number of nitrogens with zero attached hydrogens (tertiary/aromatic N) is 3. The number of aromatic nitrogens is 3. The van der Waals surface area contributed by atoms with Gasteiger partial charge in [-0.2, -0.15) is 0 Å². The highest BCUT2D eigenvalue weighted by molar-refractivity contribution is 9.10. The van der Waals surface area contributed by atoms with Crippen molar-refractivity contribution in [2.45, 2.75) is 18.6 Å². The minimum absolute atomic E-state index is 0.0253. The number of aryl methyl sites for hydroxylation is 1. The van der Waals surface area contributed by atoms with Gasteiger partial charge in [0.1, 0.15) is 0 Å². The van der Waals surface area contributed by atoms with Gasteiger partial charge in [0.15, 0.2) is 5.78 Å². The summed E-state index contributed by atoms with van der Waals surface area (Å²) < 4.78 is 6.49. The molecule has 0 aliphatic carbocycles. The van der Waals surface area contributed by atoms with Gasteiger partial charge in [0.2, 0.25) is 5.89 Å². The molecular formula is C15H12BrN3O2S2. The van der Waals surface area contributed by atoms with Gasteiger partial charge < -0.3 is 4.42 Å². The Morgan fingerprint density at radius 3 is 2.78 bits per heavy atom. The number of ketones is 1. The van der Waals surface area contributed by atoms with Crippen molar-refractivity contribution < 1.29 is 9.21 Å². The maximum absolute atomic E-state index is 12.1. The molecule has 3 aromatic rings. The molecule has 0 N–H and O–H groups in total. The minimum atomic E-state index is 0.0253. The number of thiazole rings is 1. The van der Waals surface area contributed by atoms with E-state index in [1.165, 1.54) is 11.8 Å². The van der Waals surface area contributed by atoms with Gasteiger partial charge in [0, 0.05) is 15.4 Å². The summed E-state index contributed by atoms with van der Waals surface area (Å²) in [5.41, 5.74) is 1.58. The molecule has 0 fully saturated rings. The van der Waals surface area contributed by atoms with Crippen LogP contribution in [-0.2, 0) is 6.42 Å². The van der Waals surface area contributed by atoms with Gasteiger partial charge >= 0.3 is 0 Å². The number of rotatable bonds is 6. The zero-order valence-electron chi connectivity index (χ0n) is 12.2. The lowest BCUT2D eigenvalue weighted by atomic mass is 10.2. The van der Waals surface area contributed by atoms with E-state index in [1.54, 1.807) is 23.5 Å². The van der Waals surface area contributed by atoms with E-state index in [0.717, 1.165) is 15.2 Å². The fourth-order valence-electron chi connectivity index (χ4n) is 1.86. The molecule has 2 aromatic heterocycles. The van der Waals surface area contributed by atoms with Gasteiger partial charge in [-0.15, -0.1) is 21.5 Å². The van der Waals surface area contributed by atoms with Crippen molar-refractivity contribution in [3.63, 3.8) is 0 Å². The molecule has 0 radical (unpaired) electrons. The number of carbonyl (C=O) groups is 1. The van der Waals surface area contributed by atoms with Crippen LogP contribution < -0.4 is 0 Å². The Kier molecular flexibility index (Phi) is 5.24. The summed E-state index contributed by atoms with van der Waals surface area (Å²) in [5.74, 6) is 0.797. The number of benzene rings is 1. The molecule has 0 amide bonds. The molecule has 0 aliphatic rings. The van der Waals surface area contributed by atoms with Crippen molar-refractivity contribution in [3.05, 3.63) is 56.3 Å². The van der Waals surface area contributed by atoms with Crippen LogP contribution in [0.3, 0.4) is 0 Å². The Bertz CT molecular complexity index is 814. The van der Waals surface area contributed by atoms with Gasteiger partial charge in [-0.3, -0.25) is 4.79 Å². The molecule has 0 bridgehead atoms. The molecule has 3 rings (SSSR count). The maximum Gasteiger partial charge on any atom is 0.277 e. The summed E-state index contributed by atoms with van der Waals surface area (Å²) in [7, 11) is 0. The average Bonchev–Trinajstić information content (AvgIpc) is 3.15. The maximum atomic E-state index is 12.1. The number of hydrogen-bond acceptors (Lipinski definition) is 7. The summed E-state index contributed by atoms with van der Waals surface area (Å²) >= 11 is 6.18. The van der Waals surface area contributed by atoms with E-state index in [4.69, 9.17) is 4.42 Å². The number of carbonyl (C=O) groups excluding carboxylic acids is 1.